The fourth-order valence-electron chi connectivity index (χ4n) is 2.02. The number of aliphatic hydroxyl groups is 2. The Morgan fingerprint density at radius 2 is 1.84 bits per heavy atom. The molecule has 144 valence electrons. The molecule has 0 radical (unpaired) electrons. The molecule has 8 nitrogen and oxygen atoms in total. The zero-order chi connectivity index (χ0) is 17.9. The second-order valence-corrected chi connectivity index (χ2v) is 4.98. The quantitative estimate of drug-likeness (QED) is 0.546. The van der Waals surface area contributed by atoms with Crippen LogP contribution in [0.25, 0.3) is 0 Å². The summed E-state index contributed by atoms with van der Waals surface area (Å²) in [7, 11) is 0. The van der Waals surface area contributed by atoms with Gasteiger partial charge in [0.2, 0.25) is 0 Å². The Morgan fingerprint density at radius 1 is 1.20 bits per heavy atom. The van der Waals surface area contributed by atoms with Crippen molar-refractivity contribution in [2.24, 2.45) is 0 Å². The van der Waals surface area contributed by atoms with E-state index < -0.39 is 36.4 Å². The molecule has 0 aliphatic carbocycles. The summed E-state index contributed by atoms with van der Waals surface area (Å²) >= 11 is 0. The van der Waals surface area contributed by atoms with E-state index in [0.717, 1.165) is 0 Å². The van der Waals surface area contributed by atoms with Crippen LogP contribution in [0.5, 0.6) is 0 Å². The highest BCUT2D eigenvalue weighted by Crippen LogP contribution is 2.13. The SMILES string of the molecule is C.CCOC(=O)[C@@H]1OCC=C[C@H]1OC(C)=O.OC[C@@H]1OCC=C[C@H]1O. The molecule has 8 heteroatoms. The van der Waals surface area contributed by atoms with E-state index in [9.17, 15) is 9.59 Å². The summed E-state index contributed by atoms with van der Waals surface area (Å²) in [5.74, 6) is -0.961. The lowest BCUT2D eigenvalue weighted by atomic mass is 10.1. The van der Waals surface area contributed by atoms with E-state index >= 15 is 0 Å². The molecule has 0 amide bonds. The first-order valence-corrected chi connectivity index (χ1v) is 7.68. The minimum atomic E-state index is -0.848. The number of hydrogen-bond acceptors (Lipinski definition) is 8. The van der Waals surface area contributed by atoms with Crippen molar-refractivity contribution in [2.75, 3.05) is 26.4 Å². The lowest BCUT2D eigenvalue weighted by molar-refractivity contribution is -0.169. The van der Waals surface area contributed by atoms with E-state index in [4.69, 9.17) is 29.2 Å². The van der Waals surface area contributed by atoms with Crippen LogP contribution in [0.4, 0.5) is 0 Å². The predicted octanol–water partition coefficient (Wildman–Crippen LogP) is 0.367. The average Bonchev–Trinajstić information content (AvgIpc) is 2.56. The minimum absolute atomic E-state index is 0. The summed E-state index contributed by atoms with van der Waals surface area (Å²) < 4.78 is 19.8. The third kappa shape index (κ3) is 8.26. The van der Waals surface area contributed by atoms with Crippen molar-refractivity contribution in [3.63, 3.8) is 0 Å². The summed E-state index contributed by atoms with van der Waals surface area (Å²) in [5, 5.41) is 17.5. The van der Waals surface area contributed by atoms with Gasteiger partial charge in [0, 0.05) is 6.92 Å². The lowest BCUT2D eigenvalue weighted by Gasteiger charge is -2.25. The Kier molecular flexibility index (Phi) is 11.7. The van der Waals surface area contributed by atoms with E-state index in [-0.39, 0.29) is 20.6 Å². The number of esters is 2. The van der Waals surface area contributed by atoms with Gasteiger partial charge in [0.05, 0.1) is 26.4 Å². The topological polar surface area (TPSA) is 112 Å². The largest absolute Gasteiger partial charge is 0.464 e. The Labute approximate surface area is 148 Å². The summed E-state index contributed by atoms with van der Waals surface area (Å²) in [5.41, 5.74) is 0. The van der Waals surface area contributed by atoms with Gasteiger partial charge in [-0.25, -0.2) is 4.79 Å². The molecular formula is C17H28O8. The van der Waals surface area contributed by atoms with Crippen molar-refractivity contribution < 1.29 is 38.7 Å². The Hall–Kier alpha value is -1.74. The van der Waals surface area contributed by atoms with Crippen LogP contribution in [0, 0.1) is 0 Å². The van der Waals surface area contributed by atoms with Gasteiger partial charge >= 0.3 is 11.9 Å². The van der Waals surface area contributed by atoms with E-state index in [2.05, 4.69) is 0 Å². The highest BCUT2D eigenvalue weighted by molar-refractivity contribution is 5.77. The van der Waals surface area contributed by atoms with Crippen LogP contribution in [0.15, 0.2) is 24.3 Å². The number of hydrogen-bond donors (Lipinski definition) is 2. The van der Waals surface area contributed by atoms with Crippen LogP contribution in [0.1, 0.15) is 21.3 Å². The molecule has 0 aromatic carbocycles. The molecule has 0 fully saturated rings. The second kappa shape index (κ2) is 12.6. The standard InChI is InChI=1S/C10H14O5.C6H10O3.CH4/c1-3-13-10(12)9-8(15-7(2)11)5-4-6-14-9;7-4-6-5(8)2-1-3-9-6;/h4-5,8-9H,3,6H2,1-2H3;1-2,5-8H,3-4H2;1H4/t8-,9-;5-,6+;/m11./s1. The van der Waals surface area contributed by atoms with E-state index in [1.54, 1.807) is 31.2 Å². The molecule has 0 aromatic rings. The third-order valence-corrected chi connectivity index (χ3v) is 3.12. The van der Waals surface area contributed by atoms with Crippen molar-refractivity contribution >= 4 is 11.9 Å². The zero-order valence-corrected chi connectivity index (χ0v) is 13.8. The molecule has 0 saturated heterocycles. The average molecular weight is 360 g/mol. The van der Waals surface area contributed by atoms with Gasteiger partial charge in [-0.2, -0.15) is 0 Å². The first-order chi connectivity index (χ1) is 11.5. The molecule has 2 heterocycles. The number of carbonyl (C=O) groups is 2. The zero-order valence-electron chi connectivity index (χ0n) is 13.8. The molecule has 0 aromatic heterocycles. The predicted molar refractivity (Wildman–Crippen MR) is 89.8 cm³/mol. The van der Waals surface area contributed by atoms with Gasteiger partial charge in [0.15, 0.2) is 12.2 Å². The third-order valence-electron chi connectivity index (χ3n) is 3.12. The summed E-state index contributed by atoms with van der Waals surface area (Å²) in [6, 6.07) is 0. The number of carbonyl (C=O) groups excluding carboxylic acids is 2. The smallest absolute Gasteiger partial charge is 0.339 e. The molecule has 2 aliphatic heterocycles. The van der Waals surface area contributed by atoms with E-state index in [0.29, 0.717) is 13.2 Å². The number of aliphatic hydroxyl groups excluding tert-OH is 2. The van der Waals surface area contributed by atoms with Gasteiger partial charge in [-0.05, 0) is 13.0 Å². The molecule has 0 bridgehead atoms. The highest BCUT2D eigenvalue weighted by Gasteiger charge is 2.32. The monoisotopic (exact) mass is 360 g/mol. The number of ether oxygens (including phenoxy) is 4. The maximum Gasteiger partial charge on any atom is 0.339 e. The fraction of sp³-hybridized carbons (Fsp3) is 0.647. The molecule has 0 unspecified atom stereocenters. The van der Waals surface area contributed by atoms with Gasteiger partial charge in [-0.3, -0.25) is 4.79 Å². The van der Waals surface area contributed by atoms with Crippen molar-refractivity contribution in [2.45, 2.75) is 45.7 Å². The van der Waals surface area contributed by atoms with Crippen molar-refractivity contribution in [3.05, 3.63) is 24.3 Å². The summed E-state index contributed by atoms with van der Waals surface area (Å²) in [4.78, 5) is 22.2. The molecule has 4 atom stereocenters. The second-order valence-electron chi connectivity index (χ2n) is 4.98. The summed E-state index contributed by atoms with van der Waals surface area (Å²) in [6.07, 6.45) is 4.10. The van der Waals surface area contributed by atoms with Crippen LogP contribution in [-0.4, -0.2) is 73.0 Å². The summed E-state index contributed by atoms with van der Waals surface area (Å²) in [6.45, 7) is 3.95. The van der Waals surface area contributed by atoms with Gasteiger partial charge in [0.25, 0.3) is 0 Å². The van der Waals surface area contributed by atoms with E-state index in [1.165, 1.54) is 6.92 Å². The first kappa shape index (κ1) is 23.3. The Morgan fingerprint density at radius 3 is 2.36 bits per heavy atom. The molecule has 2 N–H and O–H groups in total. The first-order valence-electron chi connectivity index (χ1n) is 7.68. The maximum absolute atomic E-state index is 11.4. The highest BCUT2D eigenvalue weighted by atomic mass is 16.6. The van der Waals surface area contributed by atoms with Crippen molar-refractivity contribution in [1.29, 1.82) is 0 Å². The lowest BCUT2D eigenvalue weighted by Crippen LogP contribution is -2.41. The molecule has 0 saturated carbocycles. The van der Waals surface area contributed by atoms with Gasteiger partial charge in [-0.1, -0.05) is 25.7 Å². The molecule has 0 spiro atoms. The van der Waals surface area contributed by atoms with Gasteiger partial charge in [0.1, 0.15) is 12.2 Å². The van der Waals surface area contributed by atoms with Crippen molar-refractivity contribution in [3.8, 4) is 0 Å². The van der Waals surface area contributed by atoms with Crippen LogP contribution < -0.4 is 0 Å². The fourth-order valence-corrected chi connectivity index (χ4v) is 2.02. The van der Waals surface area contributed by atoms with Crippen LogP contribution >= 0.6 is 0 Å². The minimum Gasteiger partial charge on any atom is -0.464 e. The Balaban J connectivity index is 0.000000495. The normalized spacial score (nSPS) is 27.4. The van der Waals surface area contributed by atoms with Crippen LogP contribution in [0.2, 0.25) is 0 Å². The molecule has 2 rings (SSSR count). The van der Waals surface area contributed by atoms with Gasteiger partial charge in [-0.15, -0.1) is 0 Å². The van der Waals surface area contributed by atoms with Crippen LogP contribution in [0.3, 0.4) is 0 Å². The van der Waals surface area contributed by atoms with Gasteiger partial charge < -0.3 is 29.2 Å². The Bertz CT molecular complexity index is 460. The molecular weight excluding hydrogens is 332 g/mol. The number of rotatable bonds is 4. The van der Waals surface area contributed by atoms with Crippen LogP contribution in [-0.2, 0) is 28.5 Å². The van der Waals surface area contributed by atoms with Crippen molar-refractivity contribution in [1.82, 2.24) is 0 Å². The molecule has 2 aliphatic rings. The molecule has 25 heavy (non-hydrogen) atoms. The maximum atomic E-state index is 11.4. The van der Waals surface area contributed by atoms with E-state index in [1.807, 2.05) is 0 Å².